The van der Waals surface area contributed by atoms with Gasteiger partial charge in [-0.2, -0.15) is 0 Å². The summed E-state index contributed by atoms with van der Waals surface area (Å²) in [6, 6.07) is 1.16. The Labute approximate surface area is 111 Å². The van der Waals surface area contributed by atoms with E-state index >= 15 is 0 Å². The van der Waals surface area contributed by atoms with E-state index in [-0.39, 0.29) is 0 Å². The van der Waals surface area contributed by atoms with E-state index in [1.807, 2.05) is 0 Å². The van der Waals surface area contributed by atoms with E-state index in [4.69, 9.17) is 0 Å². The molecule has 1 atom stereocenters. The number of hydrogen-bond donors (Lipinski definition) is 1. The predicted octanol–water partition coefficient (Wildman–Crippen LogP) is 4.15. The molecule has 0 spiro atoms. The average molecular weight is 249 g/mol. The highest BCUT2D eigenvalue weighted by Gasteiger charge is 2.20. The minimum atomic E-state index is 0.493. The SMILES string of the molecule is Cc1cn(C2CCCC2)c(NC(C)CC(C)C)n1. The molecule has 1 N–H and O–H groups in total. The van der Waals surface area contributed by atoms with Crippen molar-refractivity contribution >= 4 is 5.95 Å². The minimum absolute atomic E-state index is 0.493. The number of anilines is 1. The van der Waals surface area contributed by atoms with Crippen LogP contribution in [-0.4, -0.2) is 15.6 Å². The third-order valence-corrected chi connectivity index (χ3v) is 3.77. The number of nitrogens with zero attached hydrogens (tertiary/aromatic N) is 2. The summed E-state index contributed by atoms with van der Waals surface area (Å²) in [5.74, 6) is 1.80. The van der Waals surface area contributed by atoms with Crippen LogP contribution in [0.25, 0.3) is 0 Å². The van der Waals surface area contributed by atoms with E-state index in [0.717, 1.165) is 17.6 Å². The van der Waals surface area contributed by atoms with E-state index in [1.54, 1.807) is 0 Å². The quantitative estimate of drug-likeness (QED) is 0.849. The summed E-state index contributed by atoms with van der Waals surface area (Å²) in [6.07, 6.45) is 8.74. The molecule has 1 fully saturated rings. The predicted molar refractivity (Wildman–Crippen MR) is 77.0 cm³/mol. The van der Waals surface area contributed by atoms with Gasteiger partial charge in [-0.15, -0.1) is 0 Å². The number of rotatable bonds is 5. The maximum atomic E-state index is 4.65. The van der Waals surface area contributed by atoms with Crippen molar-refractivity contribution in [2.75, 3.05) is 5.32 Å². The molecule has 0 aliphatic heterocycles. The molecular formula is C15H27N3. The van der Waals surface area contributed by atoms with Crippen molar-refractivity contribution in [3.8, 4) is 0 Å². The number of hydrogen-bond acceptors (Lipinski definition) is 2. The van der Waals surface area contributed by atoms with Crippen molar-refractivity contribution in [3.63, 3.8) is 0 Å². The first-order valence-electron chi connectivity index (χ1n) is 7.38. The Morgan fingerprint density at radius 1 is 1.33 bits per heavy atom. The van der Waals surface area contributed by atoms with Crippen molar-refractivity contribution in [1.82, 2.24) is 9.55 Å². The molecule has 18 heavy (non-hydrogen) atoms. The molecule has 0 amide bonds. The smallest absolute Gasteiger partial charge is 0.203 e. The van der Waals surface area contributed by atoms with Gasteiger partial charge < -0.3 is 9.88 Å². The molecule has 1 heterocycles. The summed E-state index contributed by atoms with van der Waals surface area (Å²) < 4.78 is 2.37. The first-order chi connectivity index (χ1) is 8.56. The fourth-order valence-electron chi connectivity index (χ4n) is 3.07. The highest BCUT2D eigenvalue weighted by atomic mass is 15.2. The summed E-state index contributed by atoms with van der Waals surface area (Å²) in [7, 11) is 0. The zero-order valence-corrected chi connectivity index (χ0v) is 12.2. The van der Waals surface area contributed by atoms with Crippen LogP contribution in [0.4, 0.5) is 5.95 Å². The molecular weight excluding hydrogens is 222 g/mol. The fraction of sp³-hybridized carbons (Fsp3) is 0.800. The van der Waals surface area contributed by atoms with Crippen LogP contribution in [0, 0.1) is 12.8 Å². The zero-order chi connectivity index (χ0) is 13.1. The zero-order valence-electron chi connectivity index (χ0n) is 12.2. The molecule has 3 heteroatoms. The second kappa shape index (κ2) is 5.77. The Kier molecular flexibility index (Phi) is 4.31. The second-order valence-corrected chi connectivity index (χ2v) is 6.23. The molecule has 1 saturated carbocycles. The van der Waals surface area contributed by atoms with Crippen molar-refractivity contribution in [1.29, 1.82) is 0 Å². The molecule has 102 valence electrons. The van der Waals surface area contributed by atoms with E-state index < -0.39 is 0 Å². The van der Waals surface area contributed by atoms with E-state index in [1.165, 1.54) is 32.1 Å². The van der Waals surface area contributed by atoms with Crippen molar-refractivity contribution in [3.05, 3.63) is 11.9 Å². The lowest BCUT2D eigenvalue weighted by atomic mass is 10.1. The molecule has 1 aliphatic carbocycles. The third-order valence-electron chi connectivity index (χ3n) is 3.77. The first-order valence-corrected chi connectivity index (χ1v) is 7.38. The molecule has 0 bridgehead atoms. The number of imidazole rings is 1. The van der Waals surface area contributed by atoms with Gasteiger partial charge in [0, 0.05) is 18.3 Å². The minimum Gasteiger partial charge on any atom is -0.353 e. The topological polar surface area (TPSA) is 29.9 Å². The normalized spacial score (nSPS) is 18.5. The maximum Gasteiger partial charge on any atom is 0.203 e. The maximum absolute atomic E-state index is 4.65. The van der Waals surface area contributed by atoms with Crippen molar-refractivity contribution < 1.29 is 0 Å². The summed E-state index contributed by atoms with van der Waals surface area (Å²) in [5, 5.41) is 3.59. The van der Waals surface area contributed by atoms with Crippen LogP contribution < -0.4 is 5.32 Å². The highest BCUT2D eigenvalue weighted by molar-refractivity contribution is 5.31. The van der Waals surface area contributed by atoms with E-state index in [2.05, 4.69) is 48.8 Å². The number of aryl methyl sites for hydroxylation is 1. The summed E-state index contributed by atoms with van der Waals surface area (Å²) in [4.78, 5) is 4.65. The van der Waals surface area contributed by atoms with Crippen LogP contribution in [0.15, 0.2) is 6.20 Å². The molecule has 1 aromatic heterocycles. The Balaban J connectivity index is 2.07. The lowest BCUT2D eigenvalue weighted by Gasteiger charge is -2.20. The molecule has 2 rings (SSSR count). The van der Waals surface area contributed by atoms with Gasteiger partial charge in [-0.1, -0.05) is 26.7 Å². The Morgan fingerprint density at radius 3 is 2.61 bits per heavy atom. The van der Waals surface area contributed by atoms with Gasteiger partial charge in [-0.05, 0) is 39.0 Å². The van der Waals surface area contributed by atoms with E-state index in [0.29, 0.717) is 12.1 Å². The Morgan fingerprint density at radius 2 is 2.00 bits per heavy atom. The number of nitrogens with one attached hydrogen (secondary N) is 1. The fourth-order valence-corrected chi connectivity index (χ4v) is 3.07. The summed E-state index contributed by atoms with van der Waals surface area (Å²) >= 11 is 0. The van der Waals surface area contributed by atoms with Gasteiger partial charge in [0.05, 0.1) is 5.69 Å². The van der Waals surface area contributed by atoms with Gasteiger partial charge >= 0.3 is 0 Å². The van der Waals surface area contributed by atoms with Gasteiger partial charge in [-0.25, -0.2) is 4.98 Å². The Bertz CT molecular complexity index is 375. The van der Waals surface area contributed by atoms with Crippen molar-refractivity contribution in [2.24, 2.45) is 5.92 Å². The van der Waals surface area contributed by atoms with Crippen molar-refractivity contribution in [2.45, 2.75) is 71.9 Å². The number of aromatic nitrogens is 2. The summed E-state index contributed by atoms with van der Waals surface area (Å²) in [5.41, 5.74) is 1.13. The lowest BCUT2D eigenvalue weighted by Crippen LogP contribution is -2.21. The van der Waals surface area contributed by atoms with Gasteiger partial charge in [0.15, 0.2) is 0 Å². The van der Waals surface area contributed by atoms with Crippen LogP contribution in [0.5, 0.6) is 0 Å². The Hall–Kier alpha value is -0.990. The van der Waals surface area contributed by atoms with Crippen LogP contribution in [-0.2, 0) is 0 Å². The summed E-state index contributed by atoms with van der Waals surface area (Å²) in [6.45, 7) is 8.88. The van der Waals surface area contributed by atoms with Gasteiger partial charge in [0.25, 0.3) is 0 Å². The molecule has 0 radical (unpaired) electrons. The lowest BCUT2D eigenvalue weighted by molar-refractivity contribution is 0.506. The van der Waals surface area contributed by atoms with Crippen LogP contribution in [0.2, 0.25) is 0 Å². The third kappa shape index (κ3) is 3.27. The van der Waals surface area contributed by atoms with E-state index in [9.17, 15) is 0 Å². The van der Waals surface area contributed by atoms with Gasteiger partial charge in [-0.3, -0.25) is 0 Å². The van der Waals surface area contributed by atoms with Crippen LogP contribution in [0.1, 0.15) is 64.6 Å². The second-order valence-electron chi connectivity index (χ2n) is 6.23. The average Bonchev–Trinajstić information content (AvgIpc) is 2.85. The molecule has 0 aromatic carbocycles. The molecule has 0 saturated heterocycles. The highest BCUT2D eigenvalue weighted by Crippen LogP contribution is 2.32. The standard InChI is InChI=1S/C15H27N3/c1-11(2)9-12(3)16-15-17-13(4)10-18(15)14-7-5-6-8-14/h10-12,14H,5-9H2,1-4H3,(H,16,17). The monoisotopic (exact) mass is 249 g/mol. The van der Waals surface area contributed by atoms with Gasteiger partial charge in [0.1, 0.15) is 0 Å². The van der Waals surface area contributed by atoms with Crippen LogP contribution in [0.3, 0.4) is 0 Å². The van der Waals surface area contributed by atoms with Crippen LogP contribution >= 0.6 is 0 Å². The molecule has 3 nitrogen and oxygen atoms in total. The molecule has 1 unspecified atom stereocenters. The molecule has 1 aromatic rings. The largest absolute Gasteiger partial charge is 0.353 e. The molecule has 1 aliphatic rings. The van der Waals surface area contributed by atoms with Gasteiger partial charge in [0.2, 0.25) is 5.95 Å². The first kappa shape index (κ1) is 13.4.